The van der Waals surface area contributed by atoms with Crippen LogP contribution >= 0.6 is 0 Å². The number of hydrogen-bond acceptors (Lipinski definition) is 5. The van der Waals surface area contributed by atoms with Crippen LogP contribution in [0.2, 0.25) is 0 Å². The van der Waals surface area contributed by atoms with Gasteiger partial charge in [-0.15, -0.1) is 0 Å². The Hall–Kier alpha value is -2.77. The molecule has 8 nitrogen and oxygen atoms in total. The zero-order valence-electron chi connectivity index (χ0n) is 10.3. The Labute approximate surface area is 109 Å². The molecule has 0 radical (unpaired) electrons. The molecule has 0 spiro atoms. The van der Waals surface area contributed by atoms with E-state index in [1.54, 1.807) is 18.2 Å². The van der Waals surface area contributed by atoms with E-state index in [0.29, 0.717) is 17.1 Å². The first-order valence-corrected chi connectivity index (χ1v) is 5.20. The minimum atomic E-state index is -0.760. The van der Waals surface area contributed by atoms with E-state index < -0.39 is 11.9 Å². The summed E-state index contributed by atoms with van der Waals surface area (Å²) in [5, 5.41) is 3.60. The molecule has 5 N–H and O–H groups in total. The Morgan fingerprint density at radius 2 is 2.11 bits per heavy atom. The van der Waals surface area contributed by atoms with Crippen molar-refractivity contribution >= 4 is 18.2 Å². The number of primary amides is 2. The van der Waals surface area contributed by atoms with E-state index >= 15 is 0 Å². The summed E-state index contributed by atoms with van der Waals surface area (Å²) < 4.78 is 10.2. The Bertz CT molecular complexity index is 501. The zero-order valence-corrected chi connectivity index (χ0v) is 10.3. The van der Waals surface area contributed by atoms with Gasteiger partial charge in [0.05, 0.1) is 13.3 Å². The second kappa shape index (κ2) is 6.84. The lowest BCUT2D eigenvalue weighted by Crippen LogP contribution is -2.24. The minimum Gasteiger partial charge on any atom is -0.493 e. The SMILES string of the molecule is COc1cc(C=NNC(N)=O)ccc1OCC(N)=O. The largest absolute Gasteiger partial charge is 0.493 e. The molecule has 1 aromatic rings. The molecule has 1 aromatic carbocycles. The Morgan fingerprint density at radius 1 is 1.37 bits per heavy atom. The number of nitrogens with zero attached hydrogens (tertiary/aromatic N) is 1. The van der Waals surface area contributed by atoms with Gasteiger partial charge in [0.25, 0.3) is 5.91 Å². The Kier molecular flexibility index (Phi) is 5.15. The van der Waals surface area contributed by atoms with Crippen LogP contribution in [0.5, 0.6) is 11.5 Å². The van der Waals surface area contributed by atoms with E-state index in [0.717, 1.165) is 0 Å². The Balaban J connectivity index is 2.80. The quantitative estimate of drug-likeness (QED) is 0.476. The predicted molar refractivity (Wildman–Crippen MR) is 68.0 cm³/mol. The van der Waals surface area contributed by atoms with Crippen LogP contribution in [0.15, 0.2) is 23.3 Å². The van der Waals surface area contributed by atoms with Crippen molar-refractivity contribution in [1.82, 2.24) is 5.43 Å². The first-order valence-electron chi connectivity index (χ1n) is 5.20. The number of benzene rings is 1. The van der Waals surface area contributed by atoms with Crippen molar-refractivity contribution in [2.45, 2.75) is 0 Å². The van der Waals surface area contributed by atoms with Gasteiger partial charge in [0.1, 0.15) is 0 Å². The number of nitrogens with one attached hydrogen (secondary N) is 1. The van der Waals surface area contributed by atoms with Crippen molar-refractivity contribution in [2.24, 2.45) is 16.6 Å². The van der Waals surface area contributed by atoms with E-state index in [-0.39, 0.29) is 6.61 Å². The molecule has 102 valence electrons. The third-order valence-electron chi connectivity index (χ3n) is 1.95. The molecule has 3 amide bonds. The van der Waals surface area contributed by atoms with Crippen molar-refractivity contribution < 1.29 is 19.1 Å². The van der Waals surface area contributed by atoms with Crippen LogP contribution < -0.4 is 26.4 Å². The molecule has 0 aromatic heterocycles. The van der Waals surface area contributed by atoms with Crippen LogP contribution in [0.25, 0.3) is 0 Å². The molecule has 0 aliphatic heterocycles. The van der Waals surface area contributed by atoms with Gasteiger partial charge in [-0.25, -0.2) is 10.2 Å². The van der Waals surface area contributed by atoms with Crippen LogP contribution in [-0.4, -0.2) is 31.9 Å². The zero-order chi connectivity index (χ0) is 14.3. The second-order valence-corrected chi connectivity index (χ2v) is 3.40. The number of hydrogen-bond donors (Lipinski definition) is 3. The van der Waals surface area contributed by atoms with E-state index in [4.69, 9.17) is 20.9 Å². The smallest absolute Gasteiger partial charge is 0.332 e. The van der Waals surface area contributed by atoms with Crippen molar-refractivity contribution in [2.75, 3.05) is 13.7 Å². The number of rotatable bonds is 6. The molecule has 0 fully saturated rings. The Morgan fingerprint density at radius 3 is 2.68 bits per heavy atom. The summed E-state index contributed by atoms with van der Waals surface area (Å²) in [6.45, 7) is -0.243. The van der Waals surface area contributed by atoms with Gasteiger partial charge in [-0.2, -0.15) is 5.10 Å². The van der Waals surface area contributed by atoms with E-state index in [1.165, 1.54) is 13.3 Å². The molecule has 0 saturated heterocycles. The maximum atomic E-state index is 10.6. The summed E-state index contributed by atoms with van der Waals surface area (Å²) in [5.41, 5.74) is 12.5. The van der Waals surface area contributed by atoms with Gasteiger partial charge in [0.2, 0.25) is 0 Å². The van der Waals surface area contributed by atoms with Gasteiger partial charge in [0, 0.05) is 0 Å². The lowest BCUT2D eigenvalue weighted by atomic mass is 10.2. The highest BCUT2D eigenvalue weighted by Crippen LogP contribution is 2.27. The van der Waals surface area contributed by atoms with E-state index in [9.17, 15) is 9.59 Å². The monoisotopic (exact) mass is 266 g/mol. The van der Waals surface area contributed by atoms with Gasteiger partial charge in [-0.05, 0) is 23.8 Å². The molecule has 0 saturated carbocycles. The molecule has 0 unspecified atom stereocenters. The van der Waals surface area contributed by atoms with E-state index in [2.05, 4.69) is 10.5 Å². The highest BCUT2D eigenvalue weighted by Gasteiger charge is 2.06. The fourth-order valence-electron chi connectivity index (χ4n) is 1.20. The van der Waals surface area contributed by atoms with Crippen LogP contribution in [0, 0.1) is 0 Å². The summed E-state index contributed by atoms with van der Waals surface area (Å²) in [7, 11) is 1.45. The summed E-state index contributed by atoms with van der Waals surface area (Å²) in [6.07, 6.45) is 1.38. The summed E-state index contributed by atoms with van der Waals surface area (Å²) in [5.74, 6) is 0.198. The molecule has 0 bridgehead atoms. The minimum absolute atomic E-state index is 0.243. The molecule has 1 rings (SSSR count). The van der Waals surface area contributed by atoms with Crippen LogP contribution in [0.1, 0.15) is 5.56 Å². The number of urea groups is 1. The average molecular weight is 266 g/mol. The third kappa shape index (κ3) is 4.94. The average Bonchev–Trinajstić information content (AvgIpc) is 2.36. The number of amides is 3. The van der Waals surface area contributed by atoms with Crippen molar-refractivity contribution in [3.05, 3.63) is 23.8 Å². The number of carbonyl (C=O) groups is 2. The summed E-state index contributed by atoms with van der Waals surface area (Å²) in [6, 6.07) is 4.10. The molecular formula is C11H14N4O4. The molecule has 0 atom stereocenters. The molecule has 19 heavy (non-hydrogen) atoms. The number of nitrogens with two attached hydrogens (primary N) is 2. The molecule has 0 aliphatic carbocycles. The second-order valence-electron chi connectivity index (χ2n) is 3.40. The van der Waals surface area contributed by atoms with Crippen LogP contribution in [0.3, 0.4) is 0 Å². The third-order valence-corrected chi connectivity index (χ3v) is 1.95. The van der Waals surface area contributed by atoms with Crippen LogP contribution in [0.4, 0.5) is 4.79 Å². The lowest BCUT2D eigenvalue weighted by molar-refractivity contribution is -0.119. The highest BCUT2D eigenvalue weighted by molar-refractivity contribution is 5.82. The van der Waals surface area contributed by atoms with E-state index in [1.807, 2.05) is 0 Å². The number of hydrazone groups is 1. The molecule has 0 heterocycles. The first kappa shape index (κ1) is 14.3. The maximum Gasteiger partial charge on any atom is 0.332 e. The van der Waals surface area contributed by atoms with Crippen molar-refractivity contribution in [3.8, 4) is 11.5 Å². The van der Waals surface area contributed by atoms with Gasteiger partial charge in [-0.3, -0.25) is 4.79 Å². The summed E-state index contributed by atoms with van der Waals surface area (Å²) in [4.78, 5) is 21.1. The van der Waals surface area contributed by atoms with Gasteiger partial charge in [0.15, 0.2) is 18.1 Å². The predicted octanol–water partition coefficient (Wildman–Crippen LogP) is -0.438. The normalized spacial score (nSPS) is 10.2. The van der Waals surface area contributed by atoms with Crippen molar-refractivity contribution in [3.63, 3.8) is 0 Å². The van der Waals surface area contributed by atoms with Crippen LogP contribution in [-0.2, 0) is 4.79 Å². The molecule has 0 aliphatic rings. The number of methoxy groups -OCH3 is 1. The fraction of sp³-hybridized carbons (Fsp3) is 0.182. The van der Waals surface area contributed by atoms with Gasteiger partial charge >= 0.3 is 6.03 Å². The maximum absolute atomic E-state index is 10.6. The first-order chi connectivity index (χ1) is 9.02. The standard InChI is InChI=1S/C11H14N4O4/c1-18-9-4-7(5-14-15-11(13)17)2-3-8(9)19-6-10(12)16/h2-5H,6H2,1H3,(H2,12,16)(H3,13,15,17). The molecule has 8 heteroatoms. The summed E-state index contributed by atoms with van der Waals surface area (Å²) >= 11 is 0. The molecular weight excluding hydrogens is 252 g/mol. The highest BCUT2D eigenvalue weighted by atomic mass is 16.5. The van der Waals surface area contributed by atoms with Gasteiger partial charge < -0.3 is 20.9 Å². The van der Waals surface area contributed by atoms with Crippen molar-refractivity contribution in [1.29, 1.82) is 0 Å². The number of ether oxygens (including phenoxy) is 2. The number of carbonyl (C=O) groups excluding carboxylic acids is 2. The van der Waals surface area contributed by atoms with Gasteiger partial charge in [-0.1, -0.05) is 0 Å². The topological polar surface area (TPSA) is 129 Å². The fourth-order valence-corrected chi connectivity index (χ4v) is 1.20. The lowest BCUT2D eigenvalue weighted by Gasteiger charge is -2.09.